The highest BCUT2D eigenvalue weighted by Gasteiger charge is 2.15. The van der Waals surface area contributed by atoms with E-state index in [1.54, 1.807) is 12.1 Å². The fraction of sp³-hybridized carbons (Fsp3) is 0. The van der Waals surface area contributed by atoms with Crippen LogP contribution in [0, 0.1) is 5.82 Å². The van der Waals surface area contributed by atoms with Gasteiger partial charge in [-0.3, -0.25) is 5.10 Å². The molecule has 3 nitrogen and oxygen atoms in total. The number of rotatable bonds is 2. The normalized spacial score (nSPS) is 10.8. The Bertz CT molecular complexity index is 658. The summed E-state index contributed by atoms with van der Waals surface area (Å²) in [5, 5.41) is 9.03. The molecule has 3 aromatic rings. The largest absolute Gasteiger partial charge is 0.258 e. The summed E-state index contributed by atoms with van der Waals surface area (Å²) in [4.78, 5) is 5.21. The van der Waals surface area contributed by atoms with E-state index in [0.29, 0.717) is 10.8 Å². The first-order valence-electron chi connectivity index (χ1n) is 5.16. The van der Waals surface area contributed by atoms with Gasteiger partial charge >= 0.3 is 0 Å². The van der Waals surface area contributed by atoms with E-state index in [0.717, 1.165) is 4.88 Å². The van der Waals surface area contributed by atoms with Gasteiger partial charge in [-0.25, -0.2) is 9.37 Å². The number of halogens is 2. The number of hydrogen-bond acceptors (Lipinski definition) is 3. The van der Waals surface area contributed by atoms with Crippen LogP contribution in [0.3, 0.4) is 0 Å². The SMILES string of the molecule is Fc1cccc(Cl)c1-c1n[nH]c(-c2cccs2)n1. The highest BCUT2D eigenvalue weighted by atomic mass is 35.5. The Morgan fingerprint density at radius 1 is 1.22 bits per heavy atom. The molecule has 0 amide bonds. The number of aromatic nitrogens is 3. The fourth-order valence-corrected chi connectivity index (χ4v) is 2.52. The van der Waals surface area contributed by atoms with Crippen molar-refractivity contribution >= 4 is 22.9 Å². The standard InChI is InChI=1S/C12H7ClFN3S/c13-7-3-1-4-8(14)10(7)12-15-11(16-17-12)9-5-2-6-18-9/h1-6H,(H,15,16,17). The Morgan fingerprint density at radius 3 is 2.83 bits per heavy atom. The summed E-state index contributed by atoms with van der Waals surface area (Å²) in [6.45, 7) is 0. The van der Waals surface area contributed by atoms with Crippen LogP contribution in [0.1, 0.15) is 0 Å². The minimum atomic E-state index is -0.431. The number of benzene rings is 1. The number of H-pyrrole nitrogens is 1. The molecule has 0 aliphatic rings. The summed E-state index contributed by atoms with van der Waals surface area (Å²) in [7, 11) is 0. The topological polar surface area (TPSA) is 41.6 Å². The van der Waals surface area contributed by atoms with Crippen molar-refractivity contribution in [1.82, 2.24) is 15.2 Å². The maximum atomic E-state index is 13.7. The highest BCUT2D eigenvalue weighted by Crippen LogP contribution is 2.29. The third kappa shape index (κ3) is 1.91. The van der Waals surface area contributed by atoms with Crippen LogP contribution in [0.15, 0.2) is 35.7 Å². The molecule has 0 aliphatic carbocycles. The molecule has 1 N–H and O–H groups in total. The Hall–Kier alpha value is -1.72. The van der Waals surface area contributed by atoms with Crippen LogP contribution < -0.4 is 0 Å². The van der Waals surface area contributed by atoms with E-state index in [9.17, 15) is 4.39 Å². The Balaban J connectivity index is 2.09. The molecule has 0 radical (unpaired) electrons. The maximum absolute atomic E-state index is 13.7. The molecule has 18 heavy (non-hydrogen) atoms. The molecule has 2 aromatic heterocycles. The van der Waals surface area contributed by atoms with Crippen molar-refractivity contribution in [1.29, 1.82) is 0 Å². The van der Waals surface area contributed by atoms with Gasteiger partial charge in [-0.2, -0.15) is 5.10 Å². The second kappa shape index (κ2) is 4.51. The smallest absolute Gasteiger partial charge is 0.185 e. The average molecular weight is 280 g/mol. The Morgan fingerprint density at radius 2 is 2.11 bits per heavy atom. The van der Waals surface area contributed by atoms with E-state index in [1.807, 2.05) is 17.5 Å². The maximum Gasteiger partial charge on any atom is 0.185 e. The molecule has 0 bridgehead atoms. The van der Waals surface area contributed by atoms with E-state index in [-0.39, 0.29) is 11.4 Å². The number of nitrogens with zero attached hydrogens (tertiary/aromatic N) is 2. The predicted octanol–water partition coefficient (Wildman–Crippen LogP) is 3.99. The van der Waals surface area contributed by atoms with Crippen LogP contribution in [-0.2, 0) is 0 Å². The van der Waals surface area contributed by atoms with E-state index in [1.165, 1.54) is 17.4 Å². The highest BCUT2D eigenvalue weighted by molar-refractivity contribution is 7.13. The second-order valence-electron chi connectivity index (χ2n) is 3.58. The number of aromatic amines is 1. The van der Waals surface area contributed by atoms with Crippen molar-refractivity contribution < 1.29 is 4.39 Å². The number of hydrogen-bond donors (Lipinski definition) is 1. The molecule has 0 unspecified atom stereocenters. The molecule has 1 aromatic carbocycles. The molecule has 6 heteroatoms. The monoisotopic (exact) mass is 279 g/mol. The molecule has 0 aliphatic heterocycles. The minimum absolute atomic E-state index is 0.221. The number of thiophene rings is 1. The van der Waals surface area contributed by atoms with Crippen LogP contribution >= 0.6 is 22.9 Å². The summed E-state index contributed by atoms with van der Waals surface area (Å²) in [6, 6.07) is 8.33. The van der Waals surface area contributed by atoms with Gasteiger partial charge in [0.2, 0.25) is 0 Å². The van der Waals surface area contributed by atoms with E-state index in [4.69, 9.17) is 11.6 Å². The predicted molar refractivity (Wildman–Crippen MR) is 70.1 cm³/mol. The molecule has 0 saturated heterocycles. The summed E-state index contributed by atoms with van der Waals surface area (Å²) >= 11 is 7.50. The van der Waals surface area contributed by atoms with Crippen molar-refractivity contribution in [3.8, 4) is 22.1 Å². The molecular formula is C12H7ClFN3S. The quantitative estimate of drug-likeness (QED) is 0.770. The van der Waals surface area contributed by atoms with Gasteiger partial charge in [0.25, 0.3) is 0 Å². The zero-order chi connectivity index (χ0) is 12.5. The second-order valence-corrected chi connectivity index (χ2v) is 4.94. The molecule has 0 spiro atoms. The lowest BCUT2D eigenvalue weighted by molar-refractivity contribution is 0.630. The van der Waals surface area contributed by atoms with Gasteiger partial charge in [-0.15, -0.1) is 11.3 Å². The molecular weight excluding hydrogens is 273 g/mol. The van der Waals surface area contributed by atoms with Crippen molar-refractivity contribution in [3.63, 3.8) is 0 Å². The van der Waals surface area contributed by atoms with E-state index in [2.05, 4.69) is 15.2 Å². The van der Waals surface area contributed by atoms with Gasteiger partial charge in [0, 0.05) is 0 Å². The lowest BCUT2D eigenvalue weighted by Crippen LogP contribution is -1.87. The van der Waals surface area contributed by atoms with Crippen molar-refractivity contribution in [2.45, 2.75) is 0 Å². The molecule has 0 atom stereocenters. The summed E-state index contributed by atoms with van der Waals surface area (Å²) in [5.41, 5.74) is 0.221. The van der Waals surface area contributed by atoms with Crippen LogP contribution in [0.4, 0.5) is 4.39 Å². The van der Waals surface area contributed by atoms with Crippen molar-refractivity contribution in [2.24, 2.45) is 0 Å². The first-order chi connectivity index (χ1) is 8.75. The van der Waals surface area contributed by atoms with Crippen LogP contribution in [0.25, 0.3) is 22.1 Å². The van der Waals surface area contributed by atoms with E-state index >= 15 is 0 Å². The molecule has 2 heterocycles. The van der Waals surface area contributed by atoms with Crippen LogP contribution in [0.2, 0.25) is 5.02 Å². The summed E-state index contributed by atoms with van der Waals surface area (Å²) < 4.78 is 13.7. The zero-order valence-electron chi connectivity index (χ0n) is 9.02. The molecule has 3 rings (SSSR count). The zero-order valence-corrected chi connectivity index (χ0v) is 10.6. The van der Waals surface area contributed by atoms with Crippen LogP contribution in [-0.4, -0.2) is 15.2 Å². The van der Waals surface area contributed by atoms with Gasteiger partial charge < -0.3 is 0 Å². The van der Waals surface area contributed by atoms with Crippen molar-refractivity contribution in [3.05, 3.63) is 46.6 Å². The van der Waals surface area contributed by atoms with Gasteiger partial charge in [0.05, 0.1) is 15.5 Å². The summed E-state index contributed by atoms with van der Waals surface area (Å²) in [5.74, 6) is 0.444. The van der Waals surface area contributed by atoms with Crippen molar-refractivity contribution in [2.75, 3.05) is 0 Å². The Kier molecular flexibility index (Phi) is 2.85. The van der Waals surface area contributed by atoms with Gasteiger partial charge in [-0.1, -0.05) is 23.7 Å². The van der Waals surface area contributed by atoms with Crippen LogP contribution in [0.5, 0.6) is 0 Å². The van der Waals surface area contributed by atoms with Gasteiger partial charge in [0.1, 0.15) is 5.82 Å². The molecule has 90 valence electrons. The lowest BCUT2D eigenvalue weighted by atomic mass is 10.2. The first-order valence-corrected chi connectivity index (χ1v) is 6.42. The number of nitrogens with one attached hydrogen (secondary N) is 1. The first kappa shape index (κ1) is 11.4. The minimum Gasteiger partial charge on any atom is -0.258 e. The Labute approximate surface area is 111 Å². The van der Waals surface area contributed by atoms with E-state index < -0.39 is 5.82 Å². The molecule has 0 fully saturated rings. The lowest BCUT2D eigenvalue weighted by Gasteiger charge is -1.99. The summed E-state index contributed by atoms with van der Waals surface area (Å²) in [6.07, 6.45) is 0. The average Bonchev–Trinajstić information content (AvgIpc) is 2.99. The molecule has 0 saturated carbocycles. The van der Waals surface area contributed by atoms with Gasteiger partial charge in [0.15, 0.2) is 11.6 Å². The third-order valence-corrected chi connectivity index (χ3v) is 3.62. The van der Waals surface area contributed by atoms with Gasteiger partial charge in [-0.05, 0) is 23.6 Å². The fourth-order valence-electron chi connectivity index (χ4n) is 1.61. The third-order valence-electron chi connectivity index (χ3n) is 2.43.